The highest BCUT2D eigenvalue weighted by Gasteiger charge is 2.49. The van der Waals surface area contributed by atoms with Gasteiger partial charge in [0, 0.05) is 36.1 Å². The lowest BCUT2D eigenvalue weighted by molar-refractivity contribution is -0.121. The van der Waals surface area contributed by atoms with E-state index < -0.39 is 21.3 Å². The van der Waals surface area contributed by atoms with Crippen molar-refractivity contribution in [2.45, 2.75) is 4.90 Å². The van der Waals surface area contributed by atoms with E-state index in [1.165, 1.54) is 34.6 Å². The normalized spacial score (nSPS) is 15.4. The van der Waals surface area contributed by atoms with Crippen LogP contribution in [0.2, 0.25) is 10.0 Å². The largest absolute Gasteiger partial charge is 0.493 e. The maximum absolute atomic E-state index is 13.9. The number of halogens is 3. The van der Waals surface area contributed by atoms with Gasteiger partial charge in [0.25, 0.3) is 0 Å². The van der Waals surface area contributed by atoms with Crippen LogP contribution in [0.1, 0.15) is 5.56 Å². The number of nitrogens with one attached hydrogen (secondary N) is 2. The summed E-state index contributed by atoms with van der Waals surface area (Å²) in [5.41, 5.74) is -0.864. The number of nitriles is 1. The molecule has 1 aliphatic heterocycles. The summed E-state index contributed by atoms with van der Waals surface area (Å²) < 4.78 is 46.9. The average Bonchev–Trinajstić information content (AvgIpc) is 2.72. The molecule has 0 spiro atoms. The van der Waals surface area contributed by atoms with Crippen molar-refractivity contribution < 1.29 is 22.3 Å². The van der Waals surface area contributed by atoms with Crippen LogP contribution in [-0.4, -0.2) is 58.5 Å². The van der Waals surface area contributed by atoms with E-state index in [2.05, 4.69) is 10.6 Å². The van der Waals surface area contributed by atoms with Crippen molar-refractivity contribution in [3.63, 3.8) is 0 Å². The van der Waals surface area contributed by atoms with E-state index in [4.69, 9.17) is 33.2 Å². The molecule has 1 aliphatic rings. The zero-order valence-electron chi connectivity index (χ0n) is 17.6. The summed E-state index contributed by atoms with van der Waals surface area (Å²) in [4.78, 5) is 11.9. The highest BCUT2D eigenvalue weighted by molar-refractivity contribution is 7.89. The molecule has 0 saturated carbocycles. The number of carbonyl (C=O) groups excluding carboxylic acids is 1. The average molecular weight is 515 g/mol. The fourth-order valence-corrected chi connectivity index (χ4v) is 5.78. The molecule has 2 N–H and O–H groups in total. The van der Waals surface area contributed by atoms with Gasteiger partial charge < -0.3 is 15.4 Å². The Kier molecular flexibility index (Phi) is 7.82. The van der Waals surface area contributed by atoms with Crippen LogP contribution in [0.15, 0.2) is 41.3 Å². The molecule has 0 radical (unpaired) electrons. The molecule has 0 atom stereocenters. The fraction of sp³-hybridized carbons (Fsp3) is 0.333. The quantitative estimate of drug-likeness (QED) is 0.531. The summed E-state index contributed by atoms with van der Waals surface area (Å²) in [5, 5.41) is 14.7. The lowest BCUT2D eigenvalue weighted by Crippen LogP contribution is -2.65. The number of rotatable bonds is 9. The van der Waals surface area contributed by atoms with Gasteiger partial charge in [-0.15, -0.1) is 0 Å². The van der Waals surface area contributed by atoms with Gasteiger partial charge in [0.1, 0.15) is 22.5 Å². The maximum Gasteiger partial charge on any atom is 0.244 e. The predicted molar refractivity (Wildman–Crippen MR) is 121 cm³/mol. The van der Waals surface area contributed by atoms with Gasteiger partial charge in [0.15, 0.2) is 0 Å². The smallest absolute Gasteiger partial charge is 0.244 e. The van der Waals surface area contributed by atoms with E-state index >= 15 is 0 Å². The molecule has 1 saturated heterocycles. The van der Waals surface area contributed by atoms with E-state index in [9.17, 15) is 17.6 Å². The Hall–Kier alpha value is -2.42. The molecule has 2 aromatic carbocycles. The third kappa shape index (κ3) is 5.75. The molecule has 3 rings (SSSR count). The first-order valence-corrected chi connectivity index (χ1v) is 12.0. The van der Waals surface area contributed by atoms with Crippen molar-refractivity contribution in [3.8, 4) is 11.8 Å². The molecule has 176 valence electrons. The van der Waals surface area contributed by atoms with E-state index in [1.54, 1.807) is 13.1 Å². The first kappa shape index (κ1) is 25.2. The summed E-state index contributed by atoms with van der Waals surface area (Å²) >= 11 is 12.0. The van der Waals surface area contributed by atoms with Crippen LogP contribution in [0, 0.1) is 22.6 Å². The Morgan fingerprint density at radius 3 is 2.61 bits per heavy atom. The summed E-state index contributed by atoms with van der Waals surface area (Å²) in [6, 6.07) is 9.70. The number of ether oxygens (including phenoxy) is 1. The van der Waals surface area contributed by atoms with Crippen molar-refractivity contribution in [2.75, 3.05) is 39.8 Å². The number of hydrogen-bond acceptors (Lipinski definition) is 6. The lowest BCUT2D eigenvalue weighted by Gasteiger charge is -2.48. The number of hydrogen-bond donors (Lipinski definition) is 2. The SMILES string of the molecule is CNCC(=O)NCC1(COc2ccc(C#N)c(F)c2)CN(S(=O)(=O)c2ccc(Cl)cc2Cl)C1. The van der Waals surface area contributed by atoms with Crippen LogP contribution in [0.4, 0.5) is 4.39 Å². The molecular weight excluding hydrogens is 494 g/mol. The summed E-state index contributed by atoms with van der Waals surface area (Å²) in [5.74, 6) is -0.792. The molecule has 1 amide bonds. The number of benzene rings is 2. The van der Waals surface area contributed by atoms with E-state index in [1.807, 2.05) is 0 Å². The van der Waals surface area contributed by atoms with Crippen molar-refractivity contribution >= 4 is 39.1 Å². The zero-order chi connectivity index (χ0) is 24.2. The minimum absolute atomic E-state index is 0.00614. The summed E-state index contributed by atoms with van der Waals surface area (Å²) in [6.45, 7) is 0.352. The standard InChI is InChI=1S/C21H21Cl2FN4O4S/c1-26-9-20(29)27-10-21(13-32-16-4-2-14(8-25)18(24)7-16)11-28(12-21)33(30,31)19-5-3-15(22)6-17(19)23/h2-7,26H,9-13H2,1H3,(H,27,29). The van der Waals surface area contributed by atoms with Crippen molar-refractivity contribution in [2.24, 2.45) is 5.41 Å². The Labute approximate surface area is 201 Å². The van der Waals surface area contributed by atoms with Crippen molar-refractivity contribution in [1.82, 2.24) is 14.9 Å². The molecule has 0 bridgehead atoms. The second-order valence-corrected chi connectivity index (χ2v) is 10.4. The van der Waals surface area contributed by atoms with Gasteiger partial charge in [-0.25, -0.2) is 12.8 Å². The minimum atomic E-state index is -3.90. The van der Waals surface area contributed by atoms with Crippen molar-refractivity contribution in [1.29, 1.82) is 5.26 Å². The summed E-state index contributed by atoms with van der Waals surface area (Å²) in [7, 11) is -2.27. The third-order valence-corrected chi connectivity index (χ3v) is 7.65. The molecule has 1 heterocycles. The minimum Gasteiger partial charge on any atom is -0.493 e. The number of sulfonamides is 1. The maximum atomic E-state index is 13.9. The monoisotopic (exact) mass is 514 g/mol. The second kappa shape index (κ2) is 10.2. The number of amides is 1. The van der Waals surface area contributed by atoms with Gasteiger partial charge in [-0.2, -0.15) is 9.57 Å². The second-order valence-electron chi connectivity index (χ2n) is 7.70. The zero-order valence-corrected chi connectivity index (χ0v) is 19.9. The van der Waals surface area contributed by atoms with Gasteiger partial charge in [-0.1, -0.05) is 23.2 Å². The first-order chi connectivity index (χ1) is 15.6. The van der Waals surface area contributed by atoms with E-state index in [0.29, 0.717) is 5.02 Å². The van der Waals surface area contributed by atoms with Gasteiger partial charge in [0.2, 0.25) is 15.9 Å². The molecule has 1 fully saturated rings. The molecule has 0 aromatic heterocycles. The number of nitrogens with zero attached hydrogens (tertiary/aromatic N) is 2. The van der Waals surface area contributed by atoms with Crippen LogP contribution in [0.25, 0.3) is 0 Å². The highest BCUT2D eigenvalue weighted by atomic mass is 35.5. The molecule has 8 nitrogen and oxygen atoms in total. The number of likely N-dealkylation sites (N-methyl/N-ethyl adjacent to an activating group) is 1. The molecular formula is C21H21Cl2FN4O4S. The van der Waals surface area contributed by atoms with Crippen LogP contribution in [-0.2, 0) is 14.8 Å². The van der Waals surface area contributed by atoms with Gasteiger partial charge >= 0.3 is 0 Å². The Morgan fingerprint density at radius 2 is 2.00 bits per heavy atom. The molecule has 2 aromatic rings. The molecule has 0 aliphatic carbocycles. The summed E-state index contributed by atoms with van der Waals surface area (Å²) in [6.07, 6.45) is 0. The van der Waals surface area contributed by atoms with E-state index in [0.717, 1.165) is 6.07 Å². The third-order valence-electron chi connectivity index (χ3n) is 5.14. The Bertz CT molecular complexity index is 1200. The fourth-order valence-electron chi connectivity index (χ4n) is 3.37. The topological polar surface area (TPSA) is 112 Å². The van der Waals surface area contributed by atoms with Crippen LogP contribution in [0.5, 0.6) is 5.75 Å². The molecule has 33 heavy (non-hydrogen) atoms. The first-order valence-electron chi connectivity index (χ1n) is 9.79. The molecule has 12 heteroatoms. The van der Waals surface area contributed by atoms with Gasteiger partial charge in [-0.05, 0) is 37.4 Å². The lowest BCUT2D eigenvalue weighted by atomic mass is 9.82. The van der Waals surface area contributed by atoms with Crippen LogP contribution >= 0.6 is 23.2 Å². The van der Waals surface area contributed by atoms with Gasteiger partial charge in [-0.3, -0.25) is 4.79 Å². The Balaban J connectivity index is 1.76. The van der Waals surface area contributed by atoms with Crippen molar-refractivity contribution in [3.05, 3.63) is 57.8 Å². The number of carbonyl (C=O) groups is 1. The van der Waals surface area contributed by atoms with Crippen LogP contribution in [0.3, 0.4) is 0 Å². The molecule has 0 unspecified atom stereocenters. The van der Waals surface area contributed by atoms with Gasteiger partial charge in [0.05, 0.1) is 23.7 Å². The predicted octanol–water partition coefficient (Wildman–Crippen LogP) is 2.41. The van der Waals surface area contributed by atoms with Crippen LogP contribution < -0.4 is 15.4 Å². The van der Waals surface area contributed by atoms with E-state index in [-0.39, 0.29) is 59.9 Å². The Morgan fingerprint density at radius 1 is 1.27 bits per heavy atom. The highest BCUT2D eigenvalue weighted by Crippen LogP contribution is 2.37.